The summed E-state index contributed by atoms with van der Waals surface area (Å²) in [6.07, 6.45) is 4.41. The second-order valence-corrected chi connectivity index (χ2v) is 5.12. The number of nitrogens with zero attached hydrogens (tertiary/aromatic N) is 1. The molecule has 1 N–H and O–H groups in total. The van der Waals surface area contributed by atoms with Crippen LogP contribution in [-0.4, -0.2) is 18.1 Å². The fourth-order valence-corrected chi connectivity index (χ4v) is 2.14. The molecule has 0 aliphatic heterocycles. The summed E-state index contributed by atoms with van der Waals surface area (Å²) in [6, 6.07) is 4.21. The van der Waals surface area contributed by atoms with Crippen molar-refractivity contribution in [3.63, 3.8) is 0 Å². The first-order valence-corrected chi connectivity index (χ1v) is 6.42. The molecule has 3 heteroatoms. The normalized spacial score (nSPS) is 24.1. The minimum absolute atomic E-state index is 0.697. The Morgan fingerprint density at radius 2 is 2.40 bits per heavy atom. The molecule has 0 spiro atoms. The molecule has 1 aromatic heterocycles. The number of rotatable bonds is 5. The summed E-state index contributed by atoms with van der Waals surface area (Å²) < 4.78 is 1.06. The van der Waals surface area contributed by atoms with Crippen molar-refractivity contribution in [2.45, 2.75) is 25.7 Å². The summed E-state index contributed by atoms with van der Waals surface area (Å²) in [7, 11) is 0. The third kappa shape index (κ3) is 3.02. The van der Waals surface area contributed by atoms with Crippen LogP contribution in [-0.2, 0) is 0 Å². The molecule has 1 aromatic rings. The molecule has 0 amide bonds. The van der Waals surface area contributed by atoms with Crippen LogP contribution in [0.4, 0.5) is 0 Å². The lowest BCUT2D eigenvalue weighted by Crippen LogP contribution is -2.17. The lowest BCUT2D eigenvalue weighted by molar-refractivity contribution is 0.618. The highest BCUT2D eigenvalue weighted by Crippen LogP contribution is 2.46. The summed E-state index contributed by atoms with van der Waals surface area (Å²) in [5.41, 5.74) is 1.25. The number of aromatic nitrogens is 1. The van der Waals surface area contributed by atoms with Crippen molar-refractivity contribution in [3.8, 4) is 0 Å². The van der Waals surface area contributed by atoms with E-state index in [-0.39, 0.29) is 0 Å². The van der Waals surface area contributed by atoms with E-state index in [0.717, 1.165) is 23.5 Å². The van der Waals surface area contributed by atoms with Crippen molar-refractivity contribution in [1.29, 1.82) is 0 Å². The fourth-order valence-electron chi connectivity index (χ4n) is 1.91. The topological polar surface area (TPSA) is 24.9 Å². The van der Waals surface area contributed by atoms with Gasteiger partial charge in [-0.1, -0.05) is 6.92 Å². The van der Waals surface area contributed by atoms with E-state index >= 15 is 0 Å². The number of pyridine rings is 1. The van der Waals surface area contributed by atoms with Crippen LogP contribution in [0.3, 0.4) is 0 Å². The molecule has 1 saturated carbocycles. The van der Waals surface area contributed by atoms with Crippen LogP contribution in [0.15, 0.2) is 22.8 Å². The minimum Gasteiger partial charge on any atom is -0.316 e. The maximum absolute atomic E-state index is 4.44. The largest absolute Gasteiger partial charge is 0.316 e. The van der Waals surface area contributed by atoms with Crippen LogP contribution in [0.5, 0.6) is 0 Å². The van der Waals surface area contributed by atoms with Gasteiger partial charge in [0.25, 0.3) is 0 Å². The van der Waals surface area contributed by atoms with Crippen molar-refractivity contribution < 1.29 is 0 Å². The number of nitrogens with one attached hydrogen (secondary N) is 1. The third-order valence-corrected chi connectivity index (χ3v) is 3.36. The molecular weight excluding hydrogens is 252 g/mol. The van der Waals surface area contributed by atoms with Gasteiger partial charge < -0.3 is 5.32 Å². The Morgan fingerprint density at radius 1 is 1.53 bits per heavy atom. The van der Waals surface area contributed by atoms with Gasteiger partial charge in [0, 0.05) is 22.3 Å². The molecular formula is C12H17BrN2. The standard InChI is InChI=1S/C12H17BrN2/c1-2-5-14-7-9-6-11(9)12-4-3-10(13)8-15-12/h3-4,8-9,11,14H,2,5-7H2,1H3. The van der Waals surface area contributed by atoms with E-state index in [9.17, 15) is 0 Å². The second kappa shape index (κ2) is 5.08. The predicted molar refractivity (Wildman–Crippen MR) is 65.9 cm³/mol. The second-order valence-electron chi connectivity index (χ2n) is 4.21. The Morgan fingerprint density at radius 3 is 3.07 bits per heavy atom. The Bertz CT molecular complexity index is 310. The van der Waals surface area contributed by atoms with Gasteiger partial charge in [-0.05, 0) is 59.9 Å². The van der Waals surface area contributed by atoms with Crippen molar-refractivity contribution in [3.05, 3.63) is 28.5 Å². The van der Waals surface area contributed by atoms with Gasteiger partial charge in [-0.15, -0.1) is 0 Å². The maximum Gasteiger partial charge on any atom is 0.0438 e. The SMILES string of the molecule is CCCNCC1CC1c1ccc(Br)cn1. The smallest absolute Gasteiger partial charge is 0.0438 e. The van der Waals surface area contributed by atoms with Gasteiger partial charge in [0.15, 0.2) is 0 Å². The molecule has 0 aromatic carbocycles. The fraction of sp³-hybridized carbons (Fsp3) is 0.583. The van der Waals surface area contributed by atoms with Gasteiger partial charge >= 0.3 is 0 Å². The highest BCUT2D eigenvalue weighted by molar-refractivity contribution is 9.10. The Kier molecular flexibility index (Phi) is 3.76. The van der Waals surface area contributed by atoms with Crippen molar-refractivity contribution in [1.82, 2.24) is 10.3 Å². The number of hydrogen-bond acceptors (Lipinski definition) is 2. The van der Waals surface area contributed by atoms with Gasteiger partial charge in [0.05, 0.1) is 0 Å². The molecule has 0 bridgehead atoms. The predicted octanol–water partition coefficient (Wildman–Crippen LogP) is 2.95. The molecule has 82 valence electrons. The van der Waals surface area contributed by atoms with E-state index in [1.165, 1.54) is 18.5 Å². The van der Waals surface area contributed by atoms with E-state index in [0.29, 0.717) is 5.92 Å². The van der Waals surface area contributed by atoms with Crippen LogP contribution in [0.25, 0.3) is 0 Å². The monoisotopic (exact) mass is 268 g/mol. The van der Waals surface area contributed by atoms with Gasteiger partial charge in [0.1, 0.15) is 0 Å². The first kappa shape index (κ1) is 11.1. The number of hydrogen-bond donors (Lipinski definition) is 1. The van der Waals surface area contributed by atoms with Crippen LogP contribution in [0.1, 0.15) is 31.4 Å². The first-order valence-electron chi connectivity index (χ1n) is 5.63. The average molecular weight is 269 g/mol. The molecule has 2 atom stereocenters. The highest BCUT2D eigenvalue weighted by Gasteiger charge is 2.38. The Hall–Kier alpha value is -0.410. The minimum atomic E-state index is 0.697. The summed E-state index contributed by atoms with van der Waals surface area (Å²) in [4.78, 5) is 4.44. The van der Waals surface area contributed by atoms with E-state index in [1.54, 1.807) is 0 Å². The van der Waals surface area contributed by atoms with Crippen molar-refractivity contribution in [2.75, 3.05) is 13.1 Å². The molecule has 0 radical (unpaired) electrons. The van der Waals surface area contributed by atoms with Crippen LogP contribution in [0, 0.1) is 5.92 Å². The van der Waals surface area contributed by atoms with Crippen LogP contribution in [0.2, 0.25) is 0 Å². The summed E-state index contributed by atoms with van der Waals surface area (Å²) in [6.45, 7) is 4.49. The van der Waals surface area contributed by atoms with Crippen LogP contribution < -0.4 is 5.32 Å². The molecule has 2 rings (SSSR count). The summed E-state index contributed by atoms with van der Waals surface area (Å²) >= 11 is 3.41. The zero-order valence-corrected chi connectivity index (χ0v) is 10.6. The van der Waals surface area contributed by atoms with E-state index < -0.39 is 0 Å². The first-order chi connectivity index (χ1) is 7.31. The summed E-state index contributed by atoms with van der Waals surface area (Å²) in [5.74, 6) is 1.51. The van der Waals surface area contributed by atoms with Crippen molar-refractivity contribution >= 4 is 15.9 Å². The summed E-state index contributed by atoms with van der Waals surface area (Å²) in [5, 5.41) is 3.47. The molecule has 2 nitrogen and oxygen atoms in total. The van der Waals surface area contributed by atoms with Gasteiger partial charge in [-0.2, -0.15) is 0 Å². The zero-order chi connectivity index (χ0) is 10.7. The Balaban J connectivity index is 1.80. The average Bonchev–Trinajstić information content (AvgIpc) is 2.99. The Labute approximate surface area is 99.6 Å². The lowest BCUT2D eigenvalue weighted by atomic mass is 10.2. The van der Waals surface area contributed by atoms with Gasteiger partial charge in [-0.25, -0.2) is 0 Å². The third-order valence-electron chi connectivity index (χ3n) is 2.89. The van der Waals surface area contributed by atoms with E-state index in [1.807, 2.05) is 6.20 Å². The van der Waals surface area contributed by atoms with E-state index in [2.05, 4.69) is 45.3 Å². The van der Waals surface area contributed by atoms with Gasteiger partial charge in [-0.3, -0.25) is 4.98 Å². The molecule has 1 heterocycles. The van der Waals surface area contributed by atoms with E-state index in [4.69, 9.17) is 0 Å². The number of halogens is 1. The zero-order valence-electron chi connectivity index (χ0n) is 9.04. The molecule has 1 aliphatic carbocycles. The molecule has 1 aliphatic rings. The maximum atomic E-state index is 4.44. The van der Waals surface area contributed by atoms with Gasteiger partial charge in [0.2, 0.25) is 0 Å². The molecule has 2 unspecified atom stereocenters. The molecule has 1 fully saturated rings. The lowest BCUT2D eigenvalue weighted by Gasteiger charge is -2.02. The quantitative estimate of drug-likeness (QED) is 0.831. The molecule has 15 heavy (non-hydrogen) atoms. The highest BCUT2D eigenvalue weighted by atomic mass is 79.9. The molecule has 0 saturated heterocycles. The van der Waals surface area contributed by atoms with Crippen LogP contribution >= 0.6 is 15.9 Å². The van der Waals surface area contributed by atoms with Crippen molar-refractivity contribution in [2.24, 2.45) is 5.92 Å².